The van der Waals surface area contributed by atoms with Crippen LogP contribution in [0.15, 0.2) is 80.2 Å². The first kappa shape index (κ1) is 16.6. The highest BCUT2D eigenvalue weighted by atomic mass is 35.5. The summed E-state index contributed by atoms with van der Waals surface area (Å²) in [7, 11) is 0. The Morgan fingerprint density at radius 1 is 0.958 bits per heavy atom. The van der Waals surface area contributed by atoms with Crippen LogP contribution in [-0.4, -0.2) is 9.55 Å². The molecule has 24 heavy (non-hydrogen) atoms. The number of hydrogen-bond acceptors (Lipinski definition) is 3. The lowest BCUT2D eigenvalue weighted by molar-refractivity contribution is 0.701. The topological polar surface area (TPSA) is 54.9 Å². The van der Waals surface area contributed by atoms with E-state index in [1.165, 1.54) is 16.3 Å². The normalized spacial score (nSPS) is 10.7. The van der Waals surface area contributed by atoms with Crippen molar-refractivity contribution in [2.24, 2.45) is 0 Å². The lowest BCUT2D eigenvalue weighted by atomic mass is 10.1. The molecule has 0 radical (unpaired) electrons. The van der Waals surface area contributed by atoms with E-state index in [0.717, 1.165) is 16.0 Å². The summed E-state index contributed by atoms with van der Waals surface area (Å²) < 4.78 is 1.50. The molecule has 0 atom stereocenters. The van der Waals surface area contributed by atoms with Crippen molar-refractivity contribution in [3.63, 3.8) is 0 Å². The van der Waals surface area contributed by atoms with Gasteiger partial charge in [0.05, 0.1) is 11.4 Å². The molecule has 1 heterocycles. The van der Waals surface area contributed by atoms with Crippen molar-refractivity contribution >= 4 is 23.4 Å². The average molecular weight is 359 g/mol. The molecule has 0 aliphatic carbocycles. The maximum atomic E-state index is 12.0. The Labute approximate surface area is 148 Å². The molecule has 0 spiro atoms. The van der Waals surface area contributed by atoms with Crippen LogP contribution in [0.4, 0.5) is 0 Å². The molecule has 0 fully saturated rings. The van der Waals surface area contributed by atoms with E-state index >= 15 is 0 Å². The second-order valence-electron chi connectivity index (χ2n) is 5.25. The van der Waals surface area contributed by atoms with Crippen molar-refractivity contribution in [3.05, 3.63) is 92.8 Å². The fourth-order valence-electron chi connectivity index (χ4n) is 2.23. The highest BCUT2D eigenvalue weighted by Crippen LogP contribution is 2.23. The summed E-state index contributed by atoms with van der Waals surface area (Å²) in [5, 5.41) is 0. The molecule has 0 bridgehead atoms. The zero-order valence-electron chi connectivity index (χ0n) is 12.7. The Bertz CT molecular complexity index is 934. The number of rotatable bonds is 5. The fraction of sp³-hybridized carbons (Fsp3) is 0.111. The molecule has 0 aliphatic heterocycles. The van der Waals surface area contributed by atoms with Crippen LogP contribution < -0.4 is 11.2 Å². The minimum absolute atomic E-state index is 0.373. The van der Waals surface area contributed by atoms with Crippen LogP contribution in [0.2, 0.25) is 0 Å². The molecule has 0 aliphatic rings. The van der Waals surface area contributed by atoms with Crippen molar-refractivity contribution in [1.82, 2.24) is 9.55 Å². The van der Waals surface area contributed by atoms with Crippen molar-refractivity contribution in [3.8, 4) is 0 Å². The number of halogens is 1. The van der Waals surface area contributed by atoms with E-state index in [2.05, 4.69) is 4.98 Å². The van der Waals surface area contributed by atoms with E-state index < -0.39 is 5.69 Å². The third-order valence-corrected chi connectivity index (χ3v) is 4.81. The predicted molar refractivity (Wildman–Crippen MR) is 97.0 cm³/mol. The first-order chi connectivity index (χ1) is 11.7. The molecular formula is C18H15ClN2O2S. The monoisotopic (exact) mass is 358 g/mol. The van der Waals surface area contributed by atoms with Gasteiger partial charge < -0.3 is 0 Å². The number of hydrogen-bond donors (Lipinski definition) is 1. The molecule has 0 saturated heterocycles. The van der Waals surface area contributed by atoms with Crippen LogP contribution in [0.3, 0.4) is 0 Å². The molecular weight excluding hydrogens is 344 g/mol. The first-order valence-corrected chi connectivity index (χ1v) is 8.71. The Balaban J connectivity index is 1.89. The minimum atomic E-state index is -0.418. The van der Waals surface area contributed by atoms with Gasteiger partial charge in [-0.15, -0.1) is 11.6 Å². The summed E-state index contributed by atoms with van der Waals surface area (Å²) in [5.41, 5.74) is 1.20. The molecule has 4 nitrogen and oxygen atoms in total. The third-order valence-electron chi connectivity index (χ3n) is 3.48. The molecule has 2 aromatic carbocycles. The lowest BCUT2D eigenvalue weighted by Crippen LogP contribution is -2.30. The highest BCUT2D eigenvalue weighted by molar-refractivity contribution is 7.99. The van der Waals surface area contributed by atoms with Crippen molar-refractivity contribution < 1.29 is 0 Å². The minimum Gasteiger partial charge on any atom is -0.295 e. The summed E-state index contributed by atoms with van der Waals surface area (Å²) in [4.78, 5) is 27.9. The summed E-state index contributed by atoms with van der Waals surface area (Å²) >= 11 is 7.11. The number of nitrogens with zero attached hydrogens (tertiary/aromatic N) is 1. The number of alkyl halides is 1. The largest absolute Gasteiger partial charge is 0.328 e. The lowest BCUT2D eigenvalue weighted by Gasteiger charge is -2.08. The Hall–Kier alpha value is -2.24. The predicted octanol–water partition coefficient (Wildman–Crippen LogP) is 3.47. The average Bonchev–Trinajstić information content (AvgIpc) is 2.60. The summed E-state index contributed by atoms with van der Waals surface area (Å²) in [6.07, 6.45) is 1.61. The van der Waals surface area contributed by atoms with Gasteiger partial charge in [-0.2, -0.15) is 0 Å². The van der Waals surface area contributed by atoms with Crippen molar-refractivity contribution in [2.45, 2.75) is 22.2 Å². The van der Waals surface area contributed by atoms with E-state index in [1.807, 2.05) is 54.6 Å². The Morgan fingerprint density at radius 3 is 2.29 bits per heavy atom. The molecule has 0 amide bonds. The Kier molecular flexibility index (Phi) is 5.23. The molecule has 3 aromatic rings. The van der Waals surface area contributed by atoms with E-state index in [1.54, 1.807) is 6.20 Å². The van der Waals surface area contributed by atoms with Crippen LogP contribution in [0.25, 0.3) is 0 Å². The SMILES string of the molecule is O=c1[nH]c(=O)n(Cc2ccc(CCl)cc2)cc1Sc1ccccc1. The van der Waals surface area contributed by atoms with E-state index in [4.69, 9.17) is 11.6 Å². The molecule has 1 N–H and O–H groups in total. The van der Waals surface area contributed by atoms with E-state index in [9.17, 15) is 9.59 Å². The second kappa shape index (κ2) is 7.55. The first-order valence-electron chi connectivity index (χ1n) is 7.36. The van der Waals surface area contributed by atoms with Gasteiger partial charge in [-0.25, -0.2) is 4.79 Å². The number of H-pyrrole nitrogens is 1. The summed E-state index contributed by atoms with van der Waals surface area (Å²) in [5.74, 6) is 0.455. The summed E-state index contributed by atoms with van der Waals surface area (Å²) in [6, 6.07) is 17.3. The molecule has 1 aromatic heterocycles. The van der Waals surface area contributed by atoms with Gasteiger partial charge in [0, 0.05) is 17.0 Å². The smallest absolute Gasteiger partial charge is 0.295 e. The Morgan fingerprint density at radius 2 is 1.62 bits per heavy atom. The molecule has 122 valence electrons. The second-order valence-corrected chi connectivity index (χ2v) is 6.63. The van der Waals surface area contributed by atoms with Crippen LogP contribution in [-0.2, 0) is 12.4 Å². The maximum Gasteiger partial charge on any atom is 0.328 e. The van der Waals surface area contributed by atoms with Gasteiger partial charge in [-0.1, -0.05) is 54.2 Å². The van der Waals surface area contributed by atoms with Crippen LogP contribution in [0.1, 0.15) is 11.1 Å². The van der Waals surface area contributed by atoms with Gasteiger partial charge in [0.2, 0.25) is 0 Å². The number of aromatic amines is 1. The van der Waals surface area contributed by atoms with Gasteiger partial charge in [-0.3, -0.25) is 14.3 Å². The molecule has 0 unspecified atom stereocenters. The number of nitrogens with one attached hydrogen (secondary N) is 1. The standard InChI is InChI=1S/C18H15ClN2O2S/c19-10-13-6-8-14(9-7-13)11-21-12-16(17(22)20-18(21)23)24-15-4-2-1-3-5-15/h1-9,12H,10-11H2,(H,20,22,23). The van der Waals surface area contributed by atoms with Crippen molar-refractivity contribution in [1.29, 1.82) is 0 Å². The zero-order valence-corrected chi connectivity index (χ0v) is 14.3. The molecule has 6 heteroatoms. The van der Waals surface area contributed by atoms with Crippen LogP contribution >= 0.6 is 23.4 Å². The maximum absolute atomic E-state index is 12.0. The van der Waals surface area contributed by atoms with E-state index in [-0.39, 0.29) is 5.56 Å². The van der Waals surface area contributed by atoms with Gasteiger partial charge >= 0.3 is 5.69 Å². The van der Waals surface area contributed by atoms with Gasteiger partial charge in [-0.05, 0) is 23.3 Å². The van der Waals surface area contributed by atoms with Gasteiger partial charge in [0.25, 0.3) is 5.56 Å². The number of aromatic nitrogens is 2. The quantitative estimate of drug-likeness (QED) is 0.710. The number of benzene rings is 2. The van der Waals surface area contributed by atoms with Gasteiger partial charge in [0.1, 0.15) is 0 Å². The van der Waals surface area contributed by atoms with Crippen LogP contribution in [0.5, 0.6) is 0 Å². The van der Waals surface area contributed by atoms with Crippen molar-refractivity contribution in [2.75, 3.05) is 0 Å². The zero-order chi connectivity index (χ0) is 16.9. The summed E-state index contributed by atoms with van der Waals surface area (Å²) in [6.45, 7) is 0.389. The highest BCUT2D eigenvalue weighted by Gasteiger charge is 2.07. The van der Waals surface area contributed by atoms with Gasteiger partial charge in [0.15, 0.2) is 0 Å². The van der Waals surface area contributed by atoms with E-state index in [0.29, 0.717) is 17.3 Å². The van der Waals surface area contributed by atoms with Crippen LogP contribution in [0, 0.1) is 0 Å². The molecule has 0 saturated carbocycles. The third kappa shape index (κ3) is 3.99. The molecule has 3 rings (SSSR count). The fourth-order valence-corrected chi connectivity index (χ4v) is 3.27.